The van der Waals surface area contributed by atoms with Gasteiger partial charge in [0, 0.05) is 69.4 Å². The molecule has 0 atom stereocenters. The molecular formula is C32H52N8O6Si2. The lowest BCUT2D eigenvalue weighted by Crippen LogP contribution is -2.46. The molecule has 0 spiro atoms. The van der Waals surface area contributed by atoms with Crippen LogP contribution < -0.4 is 0 Å². The highest BCUT2D eigenvalue weighted by molar-refractivity contribution is 6.61. The monoisotopic (exact) mass is 700 g/mol. The van der Waals surface area contributed by atoms with Crippen LogP contribution in [0.25, 0.3) is 22.8 Å². The van der Waals surface area contributed by atoms with Gasteiger partial charge in [-0.3, -0.25) is 0 Å². The zero-order valence-electron chi connectivity index (χ0n) is 29.3. The molecule has 16 heteroatoms. The van der Waals surface area contributed by atoms with Gasteiger partial charge in [-0.15, -0.1) is 15.3 Å². The van der Waals surface area contributed by atoms with Crippen molar-refractivity contribution in [2.24, 2.45) is 0 Å². The number of nitrogens with zero attached hydrogens (tertiary/aromatic N) is 8. The summed E-state index contributed by atoms with van der Waals surface area (Å²) < 4.78 is 37.0. The van der Waals surface area contributed by atoms with Crippen LogP contribution in [0.3, 0.4) is 0 Å². The van der Waals surface area contributed by atoms with Crippen LogP contribution in [0.15, 0.2) is 60.7 Å². The van der Waals surface area contributed by atoms with E-state index in [9.17, 15) is 0 Å². The van der Waals surface area contributed by atoms with Crippen LogP contribution in [0.5, 0.6) is 0 Å². The fraction of sp³-hybridized carbons (Fsp3) is 0.562. The van der Waals surface area contributed by atoms with Crippen LogP contribution in [0.1, 0.15) is 54.4 Å². The van der Waals surface area contributed by atoms with Gasteiger partial charge in [-0.25, -0.2) is 4.68 Å². The maximum Gasteiger partial charge on any atom is 0.500 e. The molecule has 0 unspecified atom stereocenters. The number of aromatic nitrogens is 8. The zero-order valence-corrected chi connectivity index (χ0v) is 31.3. The molecule has 0 bridgehead atoms. The first kappa shape index (κ1) is 39.2. The summed E-state index contributed by atoms with van der Waals surface area (Å²) in [6, 6.07) is 21.3. The van der Waals surface area contributed by atoms with E-state index in [0.717, 1.165) is 41.9 Å². The van der Waals surface area contributed by atoms with Gasteiger partial charge in [-0.05, 0) is 70.0 Å². The largest absolute Gasteiger partial charge is 0.500 e. The van der Waals surface area contributed by atoms with E-state index in [1.165, 1.54) is 0 Å². The Kier molecular flexibility index (Phi) is 17.7. The Balaban J connectivity index is 0.000000260. The van der Waals surface area contributed by atoms with Gasteiger partial charge < -0.3 is 26.6 Å². The average Bonchev–Trinajstić information content (AvgIpc) is 3.77. The summed E-state index contributed by atoms with van der Waals surface area (Å²) in [5, 5.41) is 24.7. The van der Waals surface area contributed by atoms with Crippen molar-refractivity contribution >= 4 is 17.6 Å². The maximum atomic E-state index is 5.88. The summed E-state index contributed by atoms with van der Waals surface area (Å²) in [6.45, 7) is 16.7. The van der Waals surface area contributed by atoms with Crippen LogP contribution in [0, 0.1) is 0 Å². The minimum Gasteiger partial charge on any atom is -0.374 e. The Bertz CT molecular complexity index is 1370. The quantitative estimate of drug-likeness (QED) is 0.0948. The number of benzene rings is 2. The molecule has 0 aliphatic heterocycles. The summed E-state index contributed by atoms with van der Waals surface area (Å²) >= 11 is 0. The topological polar surface area (TPSA) is 143 Å². The number of aryl methyl sites for hydroxylation is 2. The minimum absolute atomic E-state index is 0.589. The number of hydrogen-bond donors (Lipinski definition) is 0. The van der Waals surface area contributed by atoms with Gasteiger partial charge in [0.05, 0.1) is 6.54 Å². The second kappa shape index (κ2) is 21.7. The summed E-state index contributed by atoms with van der Waals surface area (Å²) in [7, 11) is -5.20. The third kappa shape index (κ3) is 12.3. The van der Waals surface area contributed by atoms with Crippen LogP contribution in [-0.4, -0.2) is 97.7 Å². The predicted molar refractivity (Wildman–Crippen MR) is 187 cm³/mol. The normalized spacial score (nSPS) is 11.8. The Labute approximate surface area is 286 Å². The van der Waals surface area contributed by atoms with Crippen molar-refractivity contribution in [2.45, 2.75) is 79.6 Å². The van der Waals surface area contributed by atoms with Gasteiger partial charge in [0.15, 0.2) is 5.82 Å². The highest BCUT2D eigenvalue weighted by atomic mass is 28.4. The molecule has 0 amide bonds. The Morgan fingerprint density at radius 2 is 1.00 bits per heavy atom. The number of tetrazole rings is 2. The first-order valence-corrected chi connectivity index (χ1v) is 20.8. The summed E-state index contributed by atoms with van der Waals surface area (Å²) in [5.74, 6) is 1.41. The van der Waals surface area contributed by atoms with Gasteiger partial charge in [0.2, 0.25) is 5.82 Å². The molecule has 0 N–H and O–H groups in total. The Morgan fingerprint density at radius 3 is 1.48 bits per heavy atom. The highest BCUT2D eigenvalue weighted by Crippen LogP contribution is 2.21. The smallest absolute Gasteiger partial charge is 0.374 e. The average molecular weight is 701 g/mol. The summed E-state index contributed by atoms with van der Waals surface area (Å²) in [5.41, 5.74) is 1.97. The van der Waals surface area contributed by atoms with Crippen LogP contribution in [0.2, 0.25) is 12.1 Å². The van der Waals surface area contributed by atoms with Crippen molar-refractivity contribution in [2.75, 3.05) is 39.6 Å². The third-order valence-electron chi connectivity index (χ3n) is 6.93. The van der Waals surface area contributed by atoms with E-state index in [0.29, 0.717) is 58.6 Å². The fourth-order valence-corrected chi connectivity index (χ4v) is 10.3. The van der Waals surface area contributed by atoms with E-state index in [1.54, 1.807) is 4.80 Å². The predicted octanol–water partition coefficient (Wildman–Crippen LogP) is 5.56. The van der Waals surface area contributed by atoms with Crippen molar-refractivity contribution in [1.29, 1.82) is 0 Å². The molecule has 0 radical (unpaired) electrons. The van der Waals surface area contributed by atoms with E-state index in [1.807, 2.05) is 107 Å². The van der Waals surface area contributed by atoms with Crippen molar-refractivity contribution in [3.63, 3.8) is 0 Å². The lowest BCUT2D eigenvalue weighted by atomic mass is 10.2. The minimum atomic E-state index is -2.61. The number of rotatable bonds is 22. The van der Waals surface area contributed by atoms with Gasteiger partial charge in [0.1, 0.15) is 0 Å². The molecule has 4 rings (SSSR count). The van der Waals surface area contributed by atoms with Gasteiger partial charge in [-0.2, -0.15) is 4.80 Å². The molecule has 0 aliphatic rings. The van der Waals surface area contributed by atoms with Crippen molar-refractivity contribution < 1.29 is 26.6 Å². The summed E-state index contributed by atoms with van der Waals surface area (Å²) in [4.78, 5) is 1.62. The standard InChI is InChI=1S/2C16H26N4O3Si/c1-4-21-24(22-5-2,23-6-3)14-10-13-20-16(17-18-19-20)15-11-8-7-9-12-15;1-4-21-24(22-5-2,23-6-3)14-10-13-20-18-16(17-19-20)15-11-8-7-9-12-15/h2*7-9,11-12H,4-6,10,13-14H2,1-3H3. The Hall–Kier alpha value is -3.23. The second-order valence-corrected chi connectivity index (χ2v) is 15.8. The molecule has 2 aromatic carbocycles. The third-order valence-corrected chi connectivity index (χ3v) is 13.2. The van der Waals surface area contributed by atoms with Gasteiger partial charge in [-0.1, -0.05) is 60.7 Å². The molecule has 14 nitrogen and oxygen atoms in total. The van der Waals surface area contributed by atoms with E-state index in [-0.39, 0.29) is 0 Å². The fourth-order valence-electron chi connectivity index (χ4n) is 5.07. The molecule has 48 heavy (non-hydrogen) atoms. The van der Waals surface area contributed by atoms with Crippen molar-refractivity contribution in [3.8, 4) is 22.8 Å². The number of hydrogen-bond acceptors (Lipinski definition) is 12. The van der Waals surface area contributed by atoms with Crippen molar-refractivity contribution in [1.82, 2.24) is 40.4 Å². The zero-order chi connectivity index (χ0) is 34.5. The van der Waals surface area contributed by atoms with Crippen molar-refractivity contribution in [3.05, 3.63) is 60.7 Å². The lowest BCUT2D eigenvalue weighted by molar-refractivity contribution is 0.0696. The highest BCUT2D eigenvalue weighted by Gasteiger charge is 2.40. The van der Waals surface area contributed by atoms with E-state index in [2.05, 4.69) is 30.9 Å². The van der Waals surface area contributed by atoms with Gasteiger partial charge >= 0.3 is 17.6 Å². The maximum absolute atomic E-state index is 5.88. The Morgan fingerprint density at radius 1 is 0.542 bits per heavy atom. The molecule has 0 saturated carbocycles. The first-order chi connectivity index (χ1) is 23.5. The van der Waals surface area contributed by atoms with E-state index < -0.39 is 17.6 Å². The molecule has 0 aliphatic carbocycles. The molecule has 2 heterocycles. The van der Waals surface area contributed by atoms with Crippen LogP contribution in [-0.2, 0) is 39.6 Å². The molecule has 264 valence electrons. The molecule has 0 saturated heterocycles. The SMILES string of the molecule is CCO[Si](CCCn1nnc(-c2ccccc2)n1)(OCC)OCC.CCO[Si](CCCn1nnnc1-c1ccccc1)(OCC)OCC. The van der Waals surface area contributed by atoms with Crippen LogP contribution in [0.4, 0.5) is 0 Å². The molecule has 2 aromatic heterocycles. The molecule has 4 aromatic rings. The lowest BCUT2D eigenvalue weighted by Gasteiger charge is -2.28. The molecule has 0 fully saturated rings. The second-order valence-electron chi connectivity index (χ2n) is 10.3. The van der Waals surface area contributed by atoms with E-state index >= 15 is 0 Å². The first-order valence-electron chi connectivity index (χ1n) is 17.0. The van der Waals surface area contributed by atoms with Crippen LogP contribution >= 0.6 is 0 Å². The summed E-state index contributed by atoms with van der Waals surface area (Å²) in [6.07, 6.45) is 1.65. The van der Waals surface area contributed by atoms with Gasteiger partial charge in [0.25, 0.3) is 0 Å². The molecular weight excluding hydrogens is 649 g/mol. The van der Waals surface area contributed by atoms with E-state index in [4.69, 9.17) is 26.6 Å².